The molecular formula is C25H26Cl2N2O4S. The average Bonchev–Trinajstić information content (AvgIpc) is 2.80. The first-order valence-electron chi connectivity index (χ1n) is 10.6. The molecule has 0 fully saturated rings. The maximum atomic E-state index is 13.4. The minimum atomic E-state index is -4.09. The molecule has 0 saturated carbocycles. The average molecular weight is 521 g/mol. The Bertz CT molecular complexity index is 1280. The van der Waals surface area contributed by atoms with Crippen molar-refractivity contribution in [3.63, 3.8) is 0 Å². The van der Waals surface area contributed by atoms with E-state index in [1.54, 1.807) is 24.3 Å². The number of hydrogen-bond acceptors (Lipinski definition) is 4. The van der Waals surface area contributed by atoms with Gasteiger partial charge in [0.2, 0.25) is 5.91 Å². The van der Waals surface area contributed by atoms with Crippen LogP contribution in [0.25, 0.3) is 0 Å². The molecule has 34 heavy (non-hydrogen) atoms. The Morgan fingerprint density at radius 1 is 0.971 bits per heavy atom. The number of carbonyl (C=O) groups is 1. The van der Waals surface area contributed by atoms with Crippen LogP contribution in [0.4, 0.5) is 5.69 Å². The predicted molar refractivity (Wildman–Crippen MR) is 137 cm³/mol. The van der Waals surface area contributed by atoms with E-state index in [-0.39, 0.29) is 33.8 Å². The number of hydrogen-bond donors (Lipinski definition) is 1. The molecule has 0 atom stereocenters. The molecule has 3 rings (SSSR count). The fourth-order valence-corrected chi connectivity index (χ4v) is 5.12. The Morgan fingerprint density at radius 2 is 1.65 bits per heavy atom. The van der Waals surface area contributed by atoms with Gasteiger partial charge in [0.1, 0.15) is 18.9 Å². The van der Waals surface area contributed by atoms with E-state index < -0.39 is 22.5 Å². The van der Waals surface area contributed by atoms with Crippen LogP contribution < -0.4 is 14.4 Å². The number of benzene rings is 3. The molecule has 0 unspecified atom stereocenters. The number of aryl methyl sites for hydroxylation is 2. The topological polar surface area (TPSA) is 75.7 Å². The second kappa shape index (κ2) is 11.1. The molecule has 0 aliphatic carbocycles. The van der Waals surface area contributed by atoms with Crippen molar-refractivity contribution >= 4 is 44.8 Å². The van der Waals surface area contributed by atoms with Gasteiger partial charge in [-0.3, -0.25) is 9.10 Å². The maximum Gasteiger partial charge on any atom is 0.264 e. The number of carbonyl (C=O) groups excluding carboxylic acids is 1. The van der Waals surface area contributed by atoms with Gasteiger partial charge in [0.25, 0.3) is 10.0 Å². The molecule has 0 saturated heterocycles. The highest BCUT2D eigenvalue weighted by atomic mass is 35.5. The molecular weight excluding hydrogens is 495 g/mol. The van der Waals surface area contributed by atoms with Crippen LogP contribution in [0.1, 0.15) is 16.7 Å². The summed E-state index contributed by atoms with van der Waals surface area (Å²) in [6, 6.07) is 16.8. The summed E-state index contributed by atoms with van der Waals surface area (Å²) >= 11 is 12.4. The number of nitrogens with one attached hydrogen (secondary N) is 1. The highest BCUT2D eigenvalue weighted by Gasteiger charge is 2.29. The Balaban J connectivity index is 1.76. The second-order valence-electron chi connectivity index (χ2n) is 7.79. The van der Waals surface area contributed by atoms with Crippen LogP contribution in [-0.4, -0.2) is 34.0 Å². The first-order chi connectivity index (χ1) is 16.1. The van der Waals surface area contributed by atoms with E-state index in [2.05, 4.69) is 5.32 Å². The zero-order chi connectivity index (χ0) is 24.9. The first-order valence-corrected chi connectivity index (χ1v) is 12.8. The minimum absolute atomic E-state index is 0.0419. The number of amides is 1. The molecule has 180 valence electrons. The lowest BCUT2D eigenvalue weighted by Crippen LogP contribution is -2.42. The predicted octanol–water partition coefficient (Wildman–Crippen LogP) is 5.31. The maximum absolute atomic E-state index is 13.4. The normalized spacial score (nSPS) is 11.2. The fraction of sp³-hybridized carbons (Fsp3) is 0.240. The molecule has 0 spiro atoms. The van der Waals surface area contributed by atoms with E-state index in [1.807, 2.05) is 39.0 Å². The van der Waals surface area contributed by atoms with Crippen LogP contribution in [-0.2, 0) is 14.8 Å². The Morgan fingerprint density at radius 3 is 2.35 bits per heavy atom. The molecule has 1 amide bonds. The van der Waals surface area contributed by atoms with Gasteiger partial charge >= 0.3 is 0 Å². The molecule has 0 aliphatic rings. The van der Waals surface area contributed by atoms with Crippen molar-refractivity contribution in [1.29, 1.82) is 0 Å². The lowest BCUT2D eigenvalue weighted by Gasteiger charge is -2.25. The smallest absolute Gasteiger partial charge is 0.264 e. The Hall–Kier alpha value is -2.74. The van der Waals surface area contributed by atoms with Gasteiger partial charge < -0.3 is 10.1 Å². The number of nitrogens with zero attached hydrogens (tertiary/aromatic N) is 1. The van der Waals surface area contributed by atoms with Crippen LogP contribution >= 0.6 is 23.2 Å². The SMILES string of the molecule is Cc1ccc(S(=O)(=O)N(CC(=O)NCCOc2cccc(C)c2C)c2cccc(Cl)c2Cl)cc1. The molecule has 3 aromatic carbocycles. The van der Waals surface area contributed by atoms with Gasteiger partial charge in [0.15, 0.2) is 0 Å². The molecule has 3 aromatic rings. The molecule has 1 N–H and O–H groups in total. The molecule has 0 heterocycles. The quantitative estimate of drug-likeness (QED) is 0.388. The summed E-state index contributed by atoms with van der Waals surface area (Å²) in [4.78, 5) is 12.8. The van der Waals surface area contributed by atoms with E-state index in [1.165, 1.54) is 18.2 Å². The van der Waals surface area contributed by atoms with Crippen LogP contribution in [0.2, 0.25) is 10.0 Å². The third-order valence-corrected chi connectivity index (χ3v) is 7.92. The van der Waals surface area contributed by atoms with Crippen LogP contribution in [0, 0.1) is 20.8 Å². The first kappa shape index (κ1) is 25.9. The largest absolute Gasteiger partial charge is 0.491 e. The lowest BCUT2D eigenvalue weighted by atomic mass is 10.1. The van der Waals surface area contributed by atoms with E-state index in [0.717, 1.165) is 26.7 Å². The van der Waals surface area contributed by atoms with Gasteiger partial charge in [-0.1, -0.05) is 59.1 Å². The van der Waals surface area contributed by atoms with E-state index in [9.17, 15) is 13.2 Å². The van der Waals surface area contributed by atoms with Gasteiger partial charge in [0, 0.05) is 0 Å². The van der Waals surface area contributed by atoms with Gasteiger partial charge in [-0.2, -0.15) is 0 Å². The molecule has 6 nitrogen and oxygen atoms in total. The molecule has 9 heteroatoms. The minimum Gasteiger partial charge on any atom is -0.491 e. The van der Waals surface area contributed by atoms with Crippen LogP contribution in [0.15, 0.2) is 65.6 Å². The molecule has 0 bridgehead atoms. The monoisotopic (exact) mass is 520 g/mol. The summed E-state index contributed by atoms with van der Waals surface area (Å²) in [5, 5.41) is 2.94. The fourth-order valence-electron chi connectivity index (χ4n) is 3.24. The molecule has 0 aliphatic heterocycles. The number of rotatable bonds is 9. The number of ether oxygens (including phenoxy) is 1. The zero-order valence-electron chi connectivity index (χ0n) is 19.1. The number of anilines is 1. The Labute approximate surface area is 210 Å². The van der Waals surface area contributed by atoms with Crippen molar-refractivity contribution in [3.05, 3.63) is 87.4 Å². The molecule has 0 aromatic heterocycles. The van der Waals surface area contributed by atoms with Crippen molar-refractivity contribution < 1.29 is 17.9 Å². The summed E-state index contributed by atoms with van der Waals surface area (Å²) in [7, 11) is -4.09. The summed E-state index contributed by atoms with van der Waals surface area (Å²) < 4.78 is 33.6. The highest BCUT2D eigenvalue weighted by Crippen LogP contribution is 2.35. The zero-order valence-corrected chi connectivity index (χ0v) is 21.5. The van der Waals surface area contributed by atoms with Crippen LogP contribution in [0.3, 0.4) is 0 Å². The van der Waals surface area contributed by atoms with E-state index in [4.69, 9.17) is 27.9 Å². The van der Waals surface area contributed by atoms with Crippen molar-refractivity contribution in [3.8, 4) is 5.75 Å². The van der Waals surface area contributed by atoms with Gasteiger partial charge in [-0.25, -0.2) is 8.42 Å². The summed E-state index contributed by atoms with van der Waals surface area (Å²) in [6.45, 7) is 5.78. The lowest BCUT2D eigenvalue weighted by molar-refractivity contribution is -0.119. The van der Waals surface area contributed by atoms with Crippen molar-refractivity contribution in [2.45, 2.75) is 25.7 Å². The third-order valence-electron chi connectivity index (χ3n) is 5.33. The summed E-state index contributed by atoms with van der Waals surface area (Å²) in [5.74, 6) is 0.236. The van der Waals surface area contributed by atoms with Crippen molar-refractivity contribution in [2.24, 2.45) is 0 Å². The van der Waals surface area contributed by atoms with Gasteiger partial charge in [-0.15, -0.1) is 0 Å². The van der Waals surface area contributed by atoms with Gasteiger partial charge in [-0.05, 0) is 62.2 Å². The Kier molecular flexibility index (Phi) is 8.47. The van der Waals surface area contributed by atoms with Crippen LogP contribution in [0.5, 0.6) is 5.75 Å². The van der Waals surface area contributed by atoms with Crippen molar-refractivity contribution in [2.75, 3.05) is 24.0 Å². The standard InChI is InChI=1S/C25H26Cl2N2O4S/c1-17-10-12-20(13-11-17)34(31,32)29(22-8-5-7-21(26)25(22)27)16-24(30)28-14-15-33-23-9-4-6-18(2)19(23)3/h4-13H,14-16H2,1-3H3,(H,28,30). The number of halogens is 2. The van der Waals surface area contributed by atoms with E-state index >= 15 is 0 Å². The van der Waals surface area contributed by atoms with E-state index in [0.29, 0.717) is 0 Å². The second-order valence-corrected chi connectivity index (χ2v) is 10.4. The number of sulfonamides is 1. The summed E-state index contributed by atoms with van der Waals surface area (Å²) in [6.07, 6.45) is 0. The van der Waals surface area contributed by atoms with Gasteiger partial charge in [0.05, 0.1) is 27.2 Å². The molecule has 0 radical (unpaired) electrons. The highest BCUT2D eigenvalue weighted by molar-refractivity contribution is 7.92. The van der Waals surface area contributed by atoms with Crippen molar-refractivity contribution in [1.82, 2.24) is 5.32 Å². The summed E-state index contributed by atoms with van der Waals surface area (Å²) in [5.41, 5.74) is 3.17. The third kappa shape index (κ3) is 6.03.